The van der Waals surface area contributed by atoms with Crippen LogP contribution >= 0.6 is 10.5 Å². The predicted octanol–water partition coefficient (Wildman–Crippen LogP) is 2.75. The van der Waals surface area contributed by atoms with Crippen LogP contribution in [-0.2, 0) is 0 Å². The van der Waals surface area contributed by atoms with Gasteiger partial charge in [0.1, 0.15) is 0 Å². The van der Waals surface area contributed by atoms with Gasteiger partial charge < -0.3 is 0 Å². The van der Waals surface area contributed by atoms with Crippen LogP contribution in [0.3, 0.4) is 0 Å². The summed E-state index contributed by atoms with van der Waals surface area (Å²) < 4.78 is 0. The van der Waals surface area contributed by atoms with Crippen LogP contribution in [0.15, 0.2) is 29.2 Å². The van der Waals surface area contributed by atoms with Gasteiger partial charge in [-0.1, -0.05) is 11.8 Å². The van der Waals surface area contributed by atoms with Crippen molar-refractivity contribution in [2.45, 2.75) is 11.8 Å². The van der Waals surface area contributed by atoms with E-state index in [9.17, 15) is 0 Å². The fraction of sp³-hybridized carbons (Fsp3) is 0.182. The first-order valence-electron chi connectivity index (χ1n) is 3.72. The smallest absolute Gasteiger partial charge is 0.0245 e. The molecule has 0 bridgehead atoms. The molecule has 1 unspecified atom stereocenters. The molecule has 0 amide bonds. The van der Waals surface area contributed by atoms with Crippen molar-refractivity contribution in [1.29, 1.82) is 0 Å². The van der Waals surface area contributed by atoms with Crippen molar-refractivity contribution in [2.75, 3.05) is 6.26 Å². The average Bonchev–Trinajstić information content (AvgIpc) is 2.06. The maximum absolute atomic E-state index is 3.98. The number of hydrogen-bond donors (Lipinski definition) is 0. The largest absolute Gasteiger partial charge is 0.165 e. The van der Waals surface area contributed by atoms with Crippen molar-refractivity contribution in [3.8, 4) is 11.8 Å². The zero-order valence-electron chi connectivity index (χ0n) is 7.42. The number of hydrogen-bond acceptors (Lipinski definition) is 0. The summed E-state index contributed by atoms with van der Waals surface area (Å²) in [5.41, 5.74) is 1.08. The van der Waals surface area contributed by atoms with Gasteiger partial charge in [0.15, 0.2) is 0 Å². The van der Waals surface area contributed by atoms with Gasteiger partial charge in [0, 0.05) is 10.5 Å². The van der Waals surface area contributed by atoms with Crippen LogP contribution in [0.4, 0.5) is 0 Å². The summed E-state index contributed by atoms with van der Waals surface area (Å²) in [7, 11) is 0.111. The predicted molar refractivity (Wildman–Crippen MR) is 57.9 cm³/mol. The fourth-order valence-corrected chi connectivity index (χ4v) is 1.52. The van der Waals surface area contributed by atoms with E-state index in [1.807, 2.05) is 19.1 Å². The van der Waals surface area contributed by atoms with Crippen LogP contribution in [0.25, 0.3) is 0 Å². The zero-order valence-corrected chi connectivity index (χ0v) is 8.24. The molecule has 0 saturated heterocycles. The minimum Gasteiger partial charge on any atom is -0.165 e. The van der Waals surface area contributed by atoms with Crippen molar-refractivity contribution < 1.29 is 0 Å². The van der Waals surface area contributed by atoms with Crippen molar-refractivity contribution in [1.82, 2.24) is 0 Å². The van der Waals surface area contributed by atoms with Crippen LogP contribution in [0.1, 0.15) is 12.5 Å². The van der Waals surface area contributed by atoms with Gasteiger partial charge >= 0.3 is 0 Å². The topological polar surface area (TPSA) is 0 Å². The van der Waals surface area contributed by atoms with Gasteiger partial charge in [0.25, 0.3) is 0 Å². The lowest BCUT2D eigenvalue weighted by Gasteiger charge is -1.99. The molecule has 0 aliphatic heterocycles. The molecular weight excluding hydrogens is 164 g/mol. The van der Waals surface area contributed by atoms with E-state index >= 15 is 0 Å². The van der Waals surface area contributed by atoms with E-state index in [0.717, 1.165) is 5.56 Å². The van der Waals surface area contributed by atoms with Crippen molar-refractivity contribution in [3.05, 3.63) is 29.8 Å². The Balaban J connectivity index is 2.98. The van der Waals surface area contributed by atoms with Crippen molar-refractivity contribution >= 4 is 16.4 Å². The molecule has 0 radical (unpaired) electrons. The highest BCUT2D eigenvalue weighted by Crippen LogP contribution is 2.19. The van der Waals surface area contributed by atoms with Gasteiger partial charge in [0.05, 0.1) is 0 Å². The Kier molecular flexibility index (Phi) is 3.13. The van der Waals surface area contributed by atoms with Crippen LogP contribution in [-0.4, -0.2) is 12.1 Å². The fourth-order valence-electron chi connectivity index (χ4n) is 0.915. The average molecular weight is 176 g/mol. The quantitative estimate of drug-likeness (QED) is 0.456. The molecule has 0 aliphatic rings. The summed E-state index contributed by atoms with van der Waals surface area (Å²) in [4.78, 5) is 1.29. The Hall–Kier alpha value is -1.00. The van der Waals surface area contributed by atoms with E-state index in [2.05, 4.69) is 36.1 Å². The minimum atomic E-state index is 0.111. The second kappa shape index (κ2) is 4.13. The van der Waals surface area contributed by atoms with Gasteiger partial charge in [0.2, 0.25) is 0 Å². The standard InChI is InChI=1S/C11H12S/c1-4-5-10-6-8-11(9-7-10)12(2)3/h6-9H,2H2,1,3H3. The number of benzene rings is 1. The summed E-state index contributed by atoms with van der Waals surface area (Å²) >= 11 is 0. The lowest BCUT2D eigenvalue weighted by atomic mass is 10.2. The Bertz CT molecular complexity index is 336. The molecule has 0 heterocycles. The van der Waals surface area contributed by atoms with Gasteiger partial charge in [-0.25, -0.2) is 0 Å². The van der Waals surface area contributed by atoms with Crippen LogP contribution in [0.5, 0.6) is 0 Å². The highest BCUT2D eigenvalue weighted by Gasteiger charge is 1.90. The molecule has 12 heavy (non-hydrogen) atoms. The molecule has 0 aliphatic carbocycles. The molecule has 0 fully saturated rings. The molecule has 1 aromatic rings. The third-order valence-corrected chi connectivity index (χ3v) is 2.60. The molecule has 0 saturated carbocycles. The highest BCUT2D eigenvalue weighted by atomic mass is 32.2. The molecular formula is C11H12S. The third-order valence-electron chi connectivity index (χ3n) is 1.53. The van der Waals surface area contributed by atoms with E-state index in [1.165, 1.54) is 4.90 Å². The first-order chi connectivity index (χ1) is 5.74. The summed E-state index contributed by atoms with van der Waals surface area (Å²) in [6.45, 7) is 1.85. The van der Waals surface area contributed by atoms with Gasteiger partial charge in [-0.05, 0) is 37.4 Å². The molecule has 0 aromatic heterocycles. The Morgan fingerprint density at radius 1 is 1.25 bits per heavy atom. The van der Waals surface area contributed by atoms with E-state index in [1.54, 1.807) is 0 Å². The Labute approximate surface area is 76.6 Å². The van der Waals surface area contributed by atoms with E-state index in [4.69, 9.17) is 0 Å². The third kappa shape index (κ3) is 2.25. The molecule has 0 nitrogen and oxygen atoms in total. The summed E-state index contributed by atoms with van der Waals surface area (Å²) in [5.74, 6) is 9.85. The van der Waals surface area contributed by atoms with Crippen LogP contribution < -0.4 is 0 Å². The van der Waals surface area contributed by atoms with Gasteiger partial charge in [-0.3, -0.25) is 0 Å². The van der Waals surface area contributed by atoms with E-state index in [0.29, 0.717) is 0 Å². The van der Waals surface area contributed by atoms with Crippen LogP contribution in [0, 0.1) is 11.8 Å². The summed E-state index contributed by atoms with van der Waals surface area (Å²) in [6, 6.07) is 8.27. The van der Waals surface area contributed by atoms with E-state index < -0.39 is 0 Å². The number of rotatable bonds is 1. The van der Waals surface area contributed by atoms with Crippen molar-refractivity contribution in [2.24, 2.45) is 0 Å². The SMILES string of the molecule is C=S(C)c1ccc(C#CC)cc1. The maximum Gasteiger partial charge on any atom is 0.0245 e. The van der Waals surface area contributed by atoms with Gasteiger partial charge in [-0.2, -0.15) is 10.5 Å². The monoisotopic (exact) mass is 176 g/mol. The molecule has 1 heteroatoms. The Morgan fingerprint density at radius 2 is 1.83 bits per heavy atom. The van der Waals surface area contributed by atoms with Crippen molar-refractivity contribution in [3.63, 3.8) is 0 Å². The zero-order chi connectivity index (χ0) is 8.97. The van der Waals surface area contributed by atoms with Gasteiger partial charge in [-0.15, -0.1) is 5.92 Å². The molecule has 0 spiro atoms. The Morgan fingerprint density at radius 3 is 2.25 bits per heavy atom. The summed E-state index contributed by atoms with van der Waals surface area (Å²) in [6.07, 6.45) is 2.11. The normalized spacial score (nSPS) is 11.5. The second-order valence-electron chi connectivity index (χ2n) is 2.54. The minimum absolute atomic E-state index is 0.111. The maximum atomic E-state index is 3.98. The molecule has 1 atom stereocenters. The first kappa shape index (κ1) is 9.09. The molecule has 1 aromatic carbocycles. The van der Waals surface area contributed by atoms with Crippen LogP contribution in [0.2, 0.25) is 0 Å². The molecule has 0 N–H and O–H groups in total. The lowest BCUT2D eigenvalue weighted by Crippen LogP contribution is -1.75. The lowest BCUT2D eigenvalue weighted by molar-refractivity contribution is 1.45. The summed E-state index contributed by atoms with van der Waals surface area (Å²) in [5, 5.41) is 0. The first-order valence-corrected chi connectivity index (χ1v) is 5.52. The second-order valence-corrected chi connectivity index (χ2v) is 4.28. The molecule has 1 rings (SSSR count). The highest BCUT2D eigenvalue weighted by molar-refractivity contribution is 8.13. The van der Waals surface area contributed by atoms with E-state index in [-0.39, 0.29) is 10.5 Å². The molecule has 62 valence electrons.